The van der Waals surface area contributed by atoms with Crippen molar-refractivity contribution in [1.29, 1.82) is 0 Å². The number of rotatable bonds is 9. The van der Waals surface area contributed by atoms with E-state index in [1.54, 1.807) is 0 Å². The number of carboxylic acids is 1. The lowest BCUT2D eigenvalue weighted by atomic mass is 10.1. The highest BCUT2D eigenvalue weighted by molar-refractivity contribution is 7.80. The van der Waals surface area contributed by atoms with E-state index in [1.165, 1.54) is 19.3 Å². The van der Waals surface area contributed by atoms with Crippen LogP contribution in [0.25, 0.3) is 0 Å². The third kappa shape index (κ3) is 11.6. The number of unbranched alkanes of at least 4 members (excludes halogenated alkanes) is 5. The summed E-state index contributed by atoms with van der Waals surface area (Å²) >= 11 is 4.98. The summed E-state index contributed by atoms with van der Waals surface area (Å²) in [6.45, 7) is 1.99. The lowest BCUT2D eigenvalue weighted by Crippen LogP contribution is -1.93. The van der Waals surface area contributed by atoms with E-state index in [9.17, 15) is 4.79 Å². The molecule has 0 aliphatic carbocycles. The second-order valence-electron chi connectivity index (χ2n) is 3.72. The summed E-state index contributed by atoms with van der Waals surface area (Å²) in [5.41, 5.74) is 0. The summed E-state index contributed by atoms with van der Waals surface area (Å²) in [7, 11) is 0. The maximum absolute atomic E-state index is 10.2. The molecule has 0 saturated heterocycles. The molecule has 0 fully saturated rings. The molecule has 0 aromatic heterocycles. The Bertz CT molecular complexity index is 158. The van der Waals surface area contributed by atoms with Crippen LogP contribution >= 0.6 is 12.2 Å². The van der Waals surface area contributed by atoms with Crippen LogP contribution in [-0.2, 0) is 4.79 Å². The molecule has 0 bridgehead atoms. The average Bonchev–Trinajstić information content (AvgIpc) is 2.08. The van der Waals surface area contributed by atoms with Gasteiger partial charge in [0.15, 0.2) is 0 Å². The predicted molar refractivity (Wildman–Crippen MR) is 62.8 cm³/mol. The highest BCUT2D eigenvalue weighted by atomic mass is 32.1. The molecule has 0 spiro atoms. The largest absolute Gasteiger partial charge is 0.481 e. The number of carboxylic acid groups (broad SMARTS) is 1. The van der Waals surface area contributed by atoms with Gasteiger partial charge in [-0.05, 0) is 31.1 Å². The zero-order chi connectivity index (χ0) is 10.8. The fraction of sp³-hybridized carbons (Fsp3) is 0.818. The molecule has 0 aromatic rings. The zero-order valence-corrected chi connectivity index (χ0v) is 9.74. The molecule has 0 aliphatic heterocycles. The number of hydrogen-bond donors (Lipinski definition) is 1. The van der Waals surface area contributed by atoms with Gasteiger partial charge in [-0.3, -0.25) is 4.79 Å². The quantitative estimate of drug-likeness (QED) is 0.473. The molecular formula is C11H20O2S. The van der Waals surface area contributed by atoms with Crippen LogP contribution in [0.1, 0.15) is 58.3 Å². The molecule has 0 unspecified atom stereocenters. The molecule has 0 amide bonds. The van der Waals surface area contributed by atoms with E-state index in [1.807, 2.05) is 6.92 Å². The summed E-state index contributed by atoms with van der Waals surface area (Å²) in [6.07, 6.45) is 8.02. The van der Waals surface area contributed by atoms with Gasteiger partial charge in [0.2, 0.25) is 0 Å². The molecule has 0 atom stereocenters. The average molecular weight is 216 g/mol. The van der Waals surface area contributed by atoms with Crippen LogP contribution in [0.15, 0.2) is 0 Å². The summed E-state index contributed by atoms with van der Waals surface area (Å²) in [5, 5.41) is 8.40. The summed E-state index contributed by atoms with van der Waals surface area (Å²) in [6, 6.07) is 0. The number of aliphatic carboxylic acids is 1. The Labute approximate surface area is 91.7 Å². The molecular weight excluding hydrogens is 196 g/mol. The fourth-order valence-corrected chi connectivity index (χ4v) is 1.50. The van der Waals surface area contributed by atoms with Crippen LogP contribution < -0.4 is 0 Å². The standard InChI is InChI=1S/C11H20O2S/c1-10(14)8-6-4-2-3-5-7-9-11(12)13/h2-9H2,1H3,(H,12,13). The van der Waals surface area contributed by atoms with Gasteiger partial charge in [0.25, 0.3) is 0 Å². The predicted octanol–water partition coefficient (Wildman–Crippen LogP) is 3.58. The molecule has 3 heteroatoms. The highest BCUT2D eigenvalue weighted by Crippen LogP contribution is 2.08. The van der Waals surface area contributed by atoms with Crippen molar-refractivity contribution in [3.05, 3.63) is 0 Å². The Kier molecular flexibility index (Phi) is 8.84. The molecule has 1 N–H and O–H groups in total. The Morgan fingerprint density at radius 3 is 1.86 bits per heavy atom. The van der Waals surface area contributed by atoms with Gasteiger partial charge in [-0.2, -0.15) is 0 Å². The third-order valence-electron chi connectivity index (χ3n) is 2.17. The van der Waals surface area contributed by atoms with E-state index in [0.29, 0.717) is 6.42 Å². The molecule has 14 heavy (non-hydrogen) atoms. The molecule has 0 aliphatic rings. The lowest BCUT2D eigenvalue weighted by molar-refractivity contribution is -0.137. The summed E-state index contributed by atoms with van der Waals surface area (Å²) in [4.78, 5) is 11.3. The first-order chi connectivity index (χ1) is 6.63. The van der Waals surface area contributed by atoms with Gasteiger partial charge >= 0.3 is 5.97 Å². The first-order valence-electron chi connectivity index (χ1n) is 5.34. The minimum Gasteiger partial charge on any atom is -0.481 e. The fourth-order valence-electron chi connectivity index (χ4n) is 1.36. The van der Waals surface area contributed by atoms with Crippen LogP contribution in [0.3, 0.4) is 0 Å². The van der Waals surface area contributed by atoms with Gasteiger partial charge in [-0.25, -0.2) is 0 Å². The van der Waals surface area contributed by atoms with Crippen molar-refractivity contribution in [2.45, 2.75) is 58.3 Å². The van der Waals surface area contributed by atoms with Crippen molar-refractivity contribution in [2.75, 3.05) is 0 Å². The van der Waals surface area contributed by atoms with Gasteiger partial charge in [-0.15, -0.1) is 0 Å². The van der Waals surface area contributed by atoms with Crippen molar-refractivity contribution in [1.82, 2.24) is 0 Å². The number of thiocarbonyl (C=S) groups is 1. The normalized spacial score (nSPS) is 10.1. The van der Waals surface area contributed by atoms with Crippen molar-refractivity contribution in [3.8, 4) is 0 Å². The monoisotopic (exact) mass is 216 g/mol. The van der Waals surface area contributed by atoms with E-state index in [2.05, 4.69) is 0 Å². The molecule has 0 rings (SSSR count). The summed E-state index contributed by atoms with van der Waals surface area (Å²) < 4.78 is 0. The van der Waals surface area contributed by atoms with Gasteiger partial charge in [-0.1, -0.05) is 37.9 Å². The first kappa shape index (κ1) is 13.6. The number of carbonyl (C=O) groups is 1. The molecule has 0 heterocycles. The van der Waals surface area contributed by atoms with E-state index < -0.39 is 5.97 Å². The van der Waals surface area contributed by atoms with Crippen molar-refractivity contribution >= 4 is 23.1 Å². The SMILES string of the molecule is CC(=S)CCCCCCCCC(=O)O. The summed E-state index contributed by atoms with van der Waals surface area (Å²) in [5.74, 6) is -0.679. The van der Waals surface area contributed by atoms with E-state index >= 15 is 0 Å². The number of hydrogen-bond acceptors (Lipinski definition) is 2. The van der Waals surface area contributed by atoms with Gasteiger partial charge in [0.1, 0.15) is 0 Å². The van der Waals surface area contributed by atoms with E-state index in [4.69, 9.17) is 17.3 Å². The van der Waals surface area contributed by atoms with Crippen molar-refractivity contribution < 1.29 is 9.90 Å². The Morgan fingerprint density at radius 1 is 1.00 bits per heavy atom. The lowest BCUT2D eigenvalue weighted by Gasteiger charge is -2.00. The Balaban J connectivity index is 2.99. The maximum Gasteiger partial charge on any atom is 0.303 e. The van der Waals surface area contributed by atoms with Crippen LogP contribution in [0.4, 0.5) is 0 Å². The van der Waals surface area contributed by atoms with E-state index in [-0.39, 0.29) is 0 Å². The Morgan fingerprint density at radius 2 is 1.43 bits per heavy atom. The molecule has 0 aromatic carbocycles. The maximum atomic E-state index is 10.2. The molecule has 0 radical (unpaired) electrons. The van der Waals surface area contributed by atoms with Gasteiger partial charge in [0.05, 0.1) is 0 Å². The van der Waals surface area contributed by atoms with Gasteiger partial charge in [0, 0.05) is 6.42 Å². The minimum atomic E-state index is -0.679. The highest BCUT2D eigenvalue weighted by Gasteiger charge is 1.96. The van der Waals surface area contributed by atoms with Crippen LogP contribution in [-0.4, -0.2) is 15.9 Å². The van der Waals surface area contributed by atoms with Crippen LogP contribution in [0.2, 0.25) is 0 Å². The topological polar surface area (TPSA) is 37.3 Å². The third-order valence-corrected chi connectivity index (χ3v) is 2.37. The first-order valence-corrected chi connectivity index (χ1v) is 5.75. The van der Waals surface area contributed by atoms with Crippen molar-refractivity contribution in [3.63, 3.8) is 0 Å². The van der Waals surface area contributed by atoms with Gasteiger partial charge < -0.3 is 5.11 Å². The smallest absolute Gasteiger partial charge is 0.303 e. The minimum absolute atomic E-state index is 0.318. The second-order valence-corrected chi connectivity index (χ2v) is 4.41. The molecule has 2 nitrogen and oxygen atoms in total. The van der Waals surface area contributed by atoms with E-state index in [0.717, 1.165) is 30.5 Å². The second kappa shape index (κ2) is 9.13. The molecule has 82 valence electrons. The van der Waals surface area contributed by atoms with Crippen LogP contribution in [0, 0.1) is 0 Å². The van der Waals surface area contributed by atoms with Crippen molar-refractivity contribution in [2.24, 2.45) is 0 Å². The Hall–Kier alpha value is -0.440. The zero-order valence-electron chi connectivity index (χ0n) is 8.92. The molecule has 0 saturated carbocycles. The van der Waals surface area contributed by atoms with Crippen LogP contribution in [0.5, 0.6) is 0 Å².